The number of hydrogen-bond donors (Lipinski definition) is 0. The van der Waals surface area contributed by atoms with Crippen LogP contribution in [0.25, 0.3) is 0 Å². The molecule has 0 atom stereocenters. The molecule has 0 saturated heterocycles. The quantitative estimate of drug-likeness (QED) is 0.656. The highest BCUT2D eigenvalue weighted by atomic mass is 16.5. The lowest BCUT2D eigenvalue weighted by atomic mass is 10.2. The van der Waals surface area contributed by atoms with Gasteiger partial charge in [0.1, 0.15) is 5.76 Å². The lowest BCUT2D eigenvalue weighted by Crippen LogP contribution is -2.23. The summed E-state index contributed by atoms with van der Waals surface area (Å²) in [6.07, 6.45) is 1.68. The molecular weight excluding hydrogens is 180 g/mol. The number of fused-ring (bicyclic) bond motifs is 1. The molecule has 14 heavy (non-hydrogen) atoms. The van der Waals surface area contributed by atoms with Gasteiger partial charge in [-0.1, -0.05) is 0 Å². The molecule has 0 unspecified atom stereocenters. The van der Waals surface area contributed by atoms with Gasteiger partial charge in [0.2, 0.25) is 0 Å². The number of aryl methyl sites for hydroxylation is 1. The van der Waals surface area contributed by atoms with Crippen LogP contribution in [-0.2, 0) is 19.4 Å². The van der Waals surface area contributed by atoms with Crippen molar-refractivity contribution in [2.75, 3.05) is 20.1 Å². The predicted octanol–water partition coefficient (Wildman–Crippen LogP) is 0.492. The Morgan fingerprint density at radius 2 is 2.07 bits per heavy atom. The van der Waals surface area contributed by atoms with Gasteiger partial charge in [-0.3, -0.25) is 4.79 Å². The largest absolute Gasteiger partial charge is 0.381 e. The number of likely N-dealkylation sites (N-methyl/N-ethyl adjacent to an activating group) is 1. The van der Waals surface area contributed by atoms with Crippen molar-refractivity contribution >= 4 is 0 Å². The van der Waals surface area contributed by atoms with Crippen LogP contribution in [0, 0.1) is 0 Å². The summed E-state index contributed by atoms with van der Waals surface area (Å²) in [7, 11) is 2.07. The van der Waals surface area contributed by atoms with Crippen molar-refractivity contribution in [3.8, 4) is 0 Å². The van der Waals surface area contributed by atoms with E-state index in [-0.39, 0.29) is 5.56 Å². The molecule has 1 aromatic rings. The summed E-state index contributed by atoms with van der Waals surface area (Å²) in [5, 5.41) is 0. The molecule has 0 amide bonds. The molecule has 0 aliphatic carbocycles. The summed E-state index contributed by atoms with van der Waals surface area (Å²) in [6.45, 7) is 4.48. The number of nitrogens with zero attached hydrogens (tertiary/aromatic N) is 2. The van der Waals surface area contributed by atoms with Crippen LogP contribution in [0.15, 0.2) is 9.32 Å². The normalized spacial score (nSPS) is 17.9. The molecule has 2 heterocycles. The first kappa shape index (κ1) is 9.52. The van der Waals surface area contributed by atoms with Gasteiger partial charge in [0.25, 0.3) is 5.56 Å². The zero-order chi connectivity index (χ0) is 10.1. The SMILES string of the molecule is CCn1oc2c(c1=O)CCN(C)CC2. The van der Waals surface area contributed by atoms with Crippen molar-refractivity contribution in [2.45, 2.75) is 26.3 Å². The van der Waals surface area contributed by atoms with E-state index in [0.29, 0.717) is 6.54 Å². The van der Waals surface area contributed by atoms with Crippen LogP contribution in [0.3, 0.4) is 0 Å². The lowest BCUT2D eigenvalue weighted by Gasteiger charge is -2.10. The van der Waals surface area contributed by atoms with Gasteiger partial charge in [-0.25, -0.2) is 0 Å². The smallest absolute Gasteiger partial charge is 0.285 e. The molecule has 0 saturated carbocycles. The monoisotopic (exact) mass is 196 g/mol. The van der Waals surface area contributed by atoms with Crippen LogP contribution in [0.1, 0.15) is 18.2 Å². The van der Waals surface area contributed by atoms with E-state index in [9.17, 15) is 4.79 Å². The fourth-order valence-electron chi connectivity index (χ4n) is 1.86. The average molecular weight is 196 g/mol. The van der Waals surface area contributed by atoms with Crippen molar-refractivity contribution in [1.29, 1.82) is 0 Å². The highest BCUT2D eigenvalue weighted by Crippen LogP contribution is 2.12. The van der Waals surface area contributed by atoms with E-state index in [1.807, 2.05) is 6.92 Å². The van der Waals surface area contributed by atoms with Gasteiger partial charge in [0.15, 0.2) is 0 Å². The molecule has 4 nitrogen and oxygen atoms in total. The summed E-state index contributed by atoms with van der Waals surface area (Å²) < 4.78 is 6.95. The Hall–Kier alpha value is -1.03. The second-order valence-electron chi connectivity index (χ2n) is 3.80. The third kappa shape index (κ3) is 1.50. The topological polar surface area (TPSA) is 38.4 Å². The Labute approximate surface area is 83.1 Å². The van der Waals surface area contributed by atoms with Crippen molar-refractivity contribution in [1.82, 2.24) is 9.64 Å². The molecule has 2 rings (SSSR count). The highest BCUT2D eigenvalue weighted by Gasteiger charge is 2.19. The second kappa shape index (κ2) is 3.61. The summed E-state index contributed by atoms with van der Waals surface area (Å²) in [5.74, 6) is 0.890. The van der Waals surface area contributed by atoms with Crippen LogP contribution in [0.5, 0.6) is 0 Å². The maximum absolute atomic E-state index is 11.8. The molecule has 0 bridgehead atoms. The molecule has 1 aliphatic heterocycles. The molecule has 1 aromatic heterocycles. The third-order valence-corrected chi connectivity index (χ3v) is 2.79. The fourth-order valence-corrected chi connectivity index (χ4v) is 1.86. The number of hydrogen-bond acceptors (Lipinski definition) is 3. The van der Waals surface area contributed by atoms with E-state index in [1.165, 1.54) is 4.74 Å². The van der Waals surface area contributed by atoms with Gasteiger partial charge in [-0.15, -0.1) is 0 Å². The van der Waals surface area contributed by atoms with Gasteiger partial charge < -0.3 is 9.42 Å². The molecule has 0 spiro atoms. The van der Waals surface area contributed by atoms with Crippen molar-refractivity contribution in [3.63, 3.8) is 0 Å². The first-order chi connectivity index (χ1) is 6.72. The van der Waals surface area contributed by atoms with Crippen LogP contribution in [0.2, 0.25) is 0 Å². The minimum Gasteiger partial charge on any atom is -0.381 e. The molecule has 0 aromatic carbocycles. The maximum atomic E-state index is 11.8. The first-order valence-corrected chi connectivity index (χ1v) is 5.12. The zero-order valence-corrected chi connectivity index (χ0v) is 8.75. The predicted molar refractivity (Wildman–Crippen MR) is 53.5 cm³/mol. The Morgan fingerprint density at radius 1 is 1.36 bits per heavy atom. The first-order valence-electron chi connectivity index (χ1n) is 5.12. The zero-order valence-electron chi connectivity index (χ0n) is 8.75. The third-order valence-electron chi connectivity index (χ3n) is 2.79. The van der Waals surface area contributed by atoms with Crippen LogP contribution >= 0.6 is 0 Å². The minimum absolute atomic E-state index is 0.0674. The van der Waals surface area contributed by atoms with Gasteiger partial charge in [0, 0.05) is 19.5 Å². The van der Waals surface area contributed by atoms with Crippen LogP contribution in [-0.4, -0.2) is 29.8 Å². The van der Waals surface area contributed by atoms with Crippen LogP contribution in [0.4, 0.5) is 0 Å². The minimum atomic E-state index is 0.0674. The molecule has 4 heteroatoms. The summed E-state index contributed by atoms with van der Waals surface area (Å²) >= 11 is 0. The van der Waals surface area contributed by atoms with E-state index in [0.717, 1.165) is 37.3 Å². The van der Waals surface area contributed by atoms with Gasteiger partial charge in [-0.05, 0) is 20.4 Å². The molecule has 0 radical (unpaired) electrons. The Kier molecular flexibility index (Phi) is 2.46. The molecule has 78 valence electrons. The van der Waals surface area contributed by atoms with Crippen molar-refractivity contribution < 1.29 is 4.52 Å². The molecular formula is C10H16N2O2. The van der Waals surface area contributed by atoms with Gasteiger partial charge >= 0.3 is 0 Å². The summed E-state index contributed by atoms with van der Waals surface area (Å²) in [4.78, 5) is 14.0. The average Bonchev–Trinajstić information content (AvgIpc) is 2.36. The summed E-state index contributed by atoms with van der Waals surface area (Å²) in [6, 6.07) is 0. The standard InChI is InChI=1S/C10H16N2O2/c1-3-12-10(13)8-4-6-11(2)7-5-9(8)14-12/h3-7H2,1-2H3. The fraction of sp³-hybridized carbons (Fsp3) is 0.700. The van der Waals surface area contributed by atoms with E-state index < -0.39 is 0 Å². The van der Waals surface area contributed by atoms with E-state index in [4.69, 9.17) is 4.52 Å². The number of rotatable bonds is 1. The maximum Gasteiger partial charge on any atom is 0.285 e. The van der Waals surface area contributed by atoms with Crippen LogP contribution < -0.4 is 5.56 Å². The lowest BCUT2D eigenvalue weighted by molar-refractivity contribution is 0.242. The Balaban J connectivity index is 2.37. The second-order valence-corrected chi connectivity index (χ2v) is 3.80. The molecule has 0 N–H and O–H groups in total. The number of aromatic nitrogens is 1. The van der Waals surface area contributed by atoms with E-state index in [2.05, 4.69) is 11.9 Å². The molecule has 0 fully saturated rings. The Bertz CT molecular complexity index is 378. The van der Waals surface area contributed by atoms with E-state index in [1.54, 1.807) is 0 Å². The molecule has 1 aliphatic rings. The summed E-state index contributed by atoms with van der Waals surface area (Å²) in [5.41, 5.74) is 0.953. The van der Waals surface area contributed by atoms with Crippen molar-refractivity contribution in [2.24, 2.45) is 0 Å². The van der Waals surface area contributed by atoms with Gasteiger partial charge in [-0.2, -0.15) is 4.74 Å². The van der Waals surface area contributed by atoms with Gasteiger partial charge in [0.05, 0.1) is 12.1 Å². The van der Waals surface area contributed by atoms with Crippen molar-refractivity contribution in [3.05, 3.63) is 21.7 Å². The Morgan fingerprint density at radius 3 is 2.79 bits per heavy atom. The highest BCUT2D eigenvalue weighted by molar-refractivity contribution is 5.16. The van der Waals surface area contributed by atoms with E-state index >= 15 is 0 Å².